The highest BCUT2D eigenvalue weighted by molar-refractivity contribution is 5.67. The van der Waals surface area contributed by atoms with Gasteiger partial charge in [-0.25, -0.2) is 13.6 Å². The highest BCUT2D eigenvalue weighted by atomic mass is 19.1. The molecule has 1 atom stereocenters. The molecule has 7 heteroatoms. The van der Waals surface area contributed by atoms with Crippen molar-refractivity contribution in [2.24, 2.45) is 0 Å². The third-order valence-corrected chi connectivity index (χ3v) is 3.26. The molecule has 1 aromatic rings. The molecule has 1 saturated heterocycles. The van der Waals surface area contributed by atoms with Crippen LogP contribution in [0.4, 0.5) is 13.6 Å². The number of likely N-dealkylation sites (tertiary alicyclic amines) is 1. The highest BCUT2D eigenvalue weighted by Gasteiger charge is 2.24. The second-order valence-corrected chi connectivity index (χ2v) is 4.76. The number of carbonyl (C=O) groups excluding carboxylic acids is 1. The van der Waals surface area contributed by atoms with Crippen LogP contribution in [-0.2, 0) is 11.3 Å². The van der Waals surface area contributed by atoms with E-state index in [0.29, 0.717) is 25.2 Å². The molecule has 1 aliphatic heterocycles. The molecule has 1 fully saturated rings. The van der Waals surface area contributed by atoms with Gasteiger partial charge in [0.25, 0.3) is 0 Å². The Morgan fingerprint density at radius 2 is 2.15 bits per heavy atom. The molecule has 20 heavy (non-hydrogen) atoms. The quantitative estimate of drug-likeness (QED) is 0.886. The fourth-order valence-corrected chi connectivity index (χ4v) is 2.29. The van der Waals surface area contributed by atoms with E-state index in [9.17, 15) is 13.6 Å². The van der Waals surface area contributed by atoms with Crippen molar-refractivity contribution in [1.29, 1.82) is 0 Å². The second kappa shape index (κ2) is 6.04. The first-order valence-electron chi connectivity index (χ1n) is 6.23. The van der Waals surface area contributed by atoms with E-state index >= 15 is 0 Å². The Morgan fingerprint density at radius 1 is 1.50 bits per heavy atom. The predicted molar refractivity (Wildman–Crippen MR) is 67.2 cm³/mol. The first kappa shape index (κ1) is 14.5. The van der Waals surface area contributed by atoms with Crippen LogP contribution in [0.2, 0.25) is 0 Å². The lowest BCUT2D eigenvalue weighted by Crippen LogP contribution is -2.36. The van der Waals surface area contributed by atoms with Crippen molar-refractivity contribution < 1.29 is 23.4 Å². The molecule has 110 valence electrons. The summed E-state index contributed by atoms with van der Waals surface area (Å²) < 4.78 is 31.0. The molecule has 1 unspecified atom stereocenters. The Labute approximate surface area is 115 Å². The molecule has 1 heterocycles. The van der Waals surface area contributed by atoms with E-state index in [0.717, 1.165) is 18.6 Å². The van der Waals surface area contributed by atoms with E-state index in [-0.39, 0.29) is 6.04 Å². The maximum atomic E-state index is 13.2. The van der Waals surface area contributed by atoms with Crippen molar-refractivity contribution in [1.82, 2.24) is 10.2 Å². The third-order valence-electron chi connectivity index (χ3n) is 3.26. The molecule has 0 aromatic heterocycles. The van der Waals surface area contributed by atoms with Crippen molar-refractivity contribution >= 4 is 6.09 Å². The summed E-state index contributed by atoms with van der Waals surface area (Å²) in [7, 11) is 1.30. The molecule has 0 bridgehead atoms. The van der Waals surface area contributed by atoms with E-state index in [2.05, 4.69) is 10.1 Å². The number of alkyl carbamates (subject to hydrolysis) is 1. The lowest BCUT2D eigenvalue weighted by molar-refractivity contribution is 0.166. The number of rotatable bonds is 3. The van der Waals surface area contributed by atoms with Gasteiger partial charge in [0, 0.05) is 25.7 Å². The predicted octanol–water partition coefficient (Wildman–Crippen LogP) is 1.60. The summed E-state index contributed by atoms with van der Waals surface area (Å²) in [5, 5.41) is 11.7. The summed E-state index contributed by atoms with van der Waals surface area (Å²) in [6.07, 6.45) is 0.261. The van der Waals surface area contributed by atoms with Crippen LogP contribution in [-0.4, -0.2) is 42.3 Å². The zero-order chi connectivity index (χ0) is 14.7. The molecule has 0 saturated carbocycles. The Bertz CT molecular complexity index is 487. The van der Waals surface area contributed by atoms with Crippen molar-refractivity contribution in [3.63, 3.8) is 0 Å². The normalized spacial score (nSPS) is 19.1. The summed E-state index contributed by atoms with van der Waals surface area (Å²) >= 11 is 0. The molecular formula is C13H16F2N2O3. The summed E-state index contributed by atoms with van der Waals surface area (Å²) in [5.41, 5.74) is 0.441. The molecule has 0 radical (unpaired) electrons. The van der Waals surface area contributed by atoms with Crippen molar-refractivity contribution in [3.05, 3.63) is 29.3 Å². The average Bonchev–Trinajstić information content (AvgIpc) is 2.83. The first-order valence-corrected chi connectivity index (χ1v) is 6.23. The lowest BCUT2D eigenvalue weighted by atomic mass is 10.2. The number of hydrogen-bond donors (Lipinski definition) is 2. The molecule has 0 aliphatic carbocycles. The van der Waals surface area contributed by atoms with E-state index in [1.54, 1.807) is 0 Å². The monoisotopic (exact) mass is 286 g/mol. The van der Waals surface area contributed by atoms with Crippen molar-refractivity contribution in [3.8, 4) is 5.75 Å². The van der Waals surface area contributed by atoms with Gasteiger partial charge in [-0.05, 0) is 24.1 Å². The number of halogens is 2. The first-order chi connectivity index (χ1) is 9.49. The molecular weight excluding hydrogens is 270 g/mol. The van der Waals surface area contributed by atoms with Gasteiger partial charge in [0.2, 0.25) is 0 Å². The van der Waals surface area contributed by atoms with Crippen LogP contribution >= 0.6 is 0 Å². The van der Waals surface area contributed by atoms with Gasteiger partial charge < -0.3 is 15.2 Å². The van der Waals surface area contributed by atoms with E-state index < -0.39 is 23.5 Å². The SMILES string of the molecule is COC(=O)NC1CCN(Cc2cc(F)c(O)c(F)c2)C1. The van der Waals surface area contributed by atoms with Gasteiger partial charge in [-0.1, -0.05) is 0 Å². The minimum Gasteiger partial charge on any atom is -0.503 e. The van der Waals surface area contributed by atoms with Gasteiger partial charge >= 0.3 is 6.09 Å². The number of hydrogen-bond acceptors (Lipinski definition) is 4. The zero-order valence-corrected chi connectivity index (χ0v) is 11.0. The number of nitrogens with one attached hydrogen (secondary N) is 1. The van der Waals surface area contributed by atoms with E-state index in [4.69, 9.17) is 5.11 Å². The number of carbonyl (C=O) groups is 1. The Hall–Kier alpha value is -1.89. The van der Waals surface area contributed by atoms with Crippen LogP contribution in [0.15, 0.2) is 12.1 Å². The number of phenols is 1. The van der Waals surface area contributed by atoms with Crippen LogP contribution < -0.4 is 5.32 Å². The Balaban J connectivity index is 1.94. The van der Waals surface area contributed by atoms with Gasteiger partial charge in [-0.15, -0.1) is 0 Å². The number of benzene rings is 1. The summed E-state index contributed by atoms with van der Waals surface area (Å²) in [6.45, 7) is 1.64. The van der Waals surface area contributed by atoms with Crippen LogP contribution in [0.25, 0.3) is 0 Å². The number of amides is 1. The topological polar surface area (TPSA) is 61.8 Å². The van der Waals surface area contributed by atoms with Crippen LogP contribution in [0.3, 0.4) is 0 Å². The van der Waals surface area contributed by atoms with Gasteiger partial charge in [-0.2, -0.15) is 0 Å². The van der Waals surface area contributed by atoms with Crippen LogP contribution in [0.1, 0.15) is 12.0 Å². The highest BCUT2D eigenvalue weighted by Crippen LogP contribution is 2.23. The fraction of sp³-hybridized carbons (Fsp3) is 0.462. The minimum absolute atomic E-state index is 0.0331. The Morgan fingerprint density at radius 3 is 2.75 bits per heavy atom. The summed E-state index contributed by atoms with van der Waals surface area (Å²) in [4.78, 5) is 13.0. The van der Waals surface area contributed by atoms with Gasteiger partial charge in [0.1, 0.15) is 0 Å². The molecule has 5 nitrogen and oxygen atoms in total. The number of ether oxygens (including phenoxy) is 1. The molecule has 2 N–H and O–H groups in total. The minimum atomic E-state index is -0.969. The van der Waals surface area contributed by atoms with E-state index in [1.165, 1.54) is 7.11 Å². The average molecular weight is 286 g/mol. The fourth-order valence-electron chi connectivity index (χ4n) is 2.29. The van der Waals surface area contributed by atoms with Crippen molar-refractivity contribution in [2.75, 3.05) is 20.2 Å². The van der Waals surface area contributed by atoms with Gasteiger partial charge in [0.05, 0.1) is 7.11 Å². The van der Waals surface area contributed by atoms with Crippen molar-refractivity contribution in [2.45, 2.75) is 19.0 Å². The number of phenolic OH excluding ortho intramolecular Hbond substituents is 1. The van der Waals surface area contributed by atoms with Crippen LogP contribution in [0, 0.1) is 11.6 Å². The van der Waals surface area contributed by atoms with Gasteiger partial charge in [-0.3, -0.25) is 4.90 Å². The maximum Gasteiger partial charge on any atom is 0.407 e. The molecule has 1 amide bonds. The molecule has 1 aromatic carbocycles. The third kappa shape index (κ3) is 3.36. The zero-order valence-electron chi connectivity index (χ0n) is 11.0. The largest absolute Gasteiger partial charge is 0.503 e. The Kier molecular flexibility index (Phi) is 4.39. The smallest absolute Gasteiger partial charge is 0.407 e. The summed E-state index contributed by atoms with van der Waals surface area (Å²) in [6, 6.07) is 2.19. The van der Waals surface area contributed by atoms with Crippen LogP contribution in [0.5, 0.6) is 5.75 Å². The van der Waals surface area contributed by atoms with Gasteiger partial charge in [0.15, 0.2) is 17.4 Å². The molecule has 1 aliphatic rings. The molecule has 0 spiro atoms. The van der Waals surface area contributed by atoms with E-state index in [1.807, 2.05) is 4.90 Å². The summed E-state index contributed by atoms with van der Waals surface area (Å²) in [5.74, 6) is -2.90. The number of methoxy groups -OCH3 is 1. The second-order valence-electron chi connectivity index (χ2n) is 4.76. The lowest BCUT2D eigenvalue weighted by Gasteiger charge is -2.16. The maximum absolute atomic E-state index is 13.2. The number of nitrogens with zero attached hydrogens (tertiary/aromatic N) is 1. The molecule has 2 rings (SSSR count). The standard InChI is InChI=1S/C13H16F2N2O3/c1-20-13(19)16-9-2-3-17(7-9)6-8-4-10(14)12(18)11(15)5-8/h4-5,9,18H,2-3,6-7H2,1H3,(H,16,19). The number of aromatic hydroxyl groups is 1.